The van der Waals surface area contributed by atoms with E-state index >= 15 is 0 Å². The summed E-state index contributed by atoms with van der Waals surface area (Å²) in [6.45, 7) is 2.09. The Labute approximate surface area is 248 Å². The van der Waals surface area contributed by atoms with Crippen LogP contribution in [0.5, 0.6) is 0 Å². The lowest BCUT2D eigenvalue weighted by molar-refractivity contribution is -0.130. The first kappa shape index (κ1) is 29.5. The van der Waals surface area contributed by atoms with E-state index in [2.05, 4.69) is 15.6 Å². The molecule has 3 aromatic rings. The van der Waals surface area contributed by atoms with E-state index in [0.717, 1.165) is 19.8 Å². The van der Waals surface area contributed by atoms with E-state index < -0.39 is 34.0 Å². The van der Waals surface area contributed by atoms with Gasteiger partial charge >= 0.3 is 6.03 Å². The molecule has 0 radical (unpaired) electrons. The van der Waals surface area contributed by atoms with Crippen molar-refractivity contribution < 1.29 is 27.6 Å². The third-order valence-corrected chi connectivity index (χ3v) is 8.39. The molecule has 0 saturated carbocycles. The summed E-state index contributed by atoms with van der Waals surface area (Å²) >= 11 is 0. The number of hydrogen-bond acceptors (Lipinski definition) is 7. The van der Waals surface area contributed by atoms with E-state index in [1.165, 1.54) is 29.2 Å². The van der Waals surface area contributed by atoms with Crippen LogP contribution in [0.2, 0.25) is 0 Å². The molecule has 1 fully saturated rings. The summed E-state index contributed by atoms with van der Waals surface area (Å²) in [7, 11) is -4.14. The normalized spacial score (nSPS) is 16.5. The second kappa shape index (κ2) is 12.4. The van der Waals surface area contributed by atoms with Gasteiger partial charge in [0.1, 0.15) is 6.54 Å². The van der Waals surface area contributed by atoms with Gasteiger partial charge in [0.2, 0.25) is 18.0 Å². The van der Waals surface area contributed by atoms with E-state index in [0.29, 0.717) is 35.6 Å². The predicted octanol–water partition coefficient (Wildman–Crippen LogP) is 2.47. The van der Waals surface area contributed by atoms with Crippen molar-refractivity contribution >= 4 is 50.9 Å². The number of aliphatic imine (C=N–C) groups is 1. The molecule has 0 bridgehead atoms. The number of amides is 5. The van der Waals surface area contributed by atoms with Crippen LogP contribution in [-0.2, 0) is 24.4 Å². The highest BCUT2D eigenvalue weighted by atomic mass is 32.2. The zero-order valence-electron chi connectivity index (χ0n) is 23.3. The van der Waals surface area contributed by atoms with Crippen LogP contribution in [-0.4, -0.2) is 68.6 Å². The third-order valence-electron chi connectivity index (χ3n) is 6.96. The van der Waals surface area contributed by atoms with E-state index in [4.69, 9.17) is 0 Å². The highest BCUT2D eigenvalue weighted by Crippen LogP contribution is 2.28. The number of para-hydroxylation sites is 1. The molecule has 1 atom stereocenters. The van der Waals surface area contributed by atoms with Crippen molar-refractivity contribution in [3.8, 4) is 0 Å². The van der Waals surface area contributed by atoms with Crippen LogP contribution in [0, 0.1) is 0 Å². The molecule has 5 amide bonds. The number of benzodiazepines with no additional fused rings is 1. The molecular weight excluding hydrogens is 572 g/mol. The first-order valence-electron chi connectivity index (χ1n) is 13.6. The summed E-state index contributed by atoms with van der Waals surface area (Å²) in [6, 6.07) is 20.8. The molecule has 12 nitrogen and oxygen atoms in total. The Morgan fingerprint density at radius 3 is 2.35 bits per heavy atom. The number of nitrogens with one attached hydrogen (secondary N) is 3. The molecule has 13 heteroatoms. The maximum atomic E-state index is 14.0. The third kappa shape index (κ3) is 6.72. The molecule has 0 spiro atoms. The number of carbonyl (C=O) groups excluding carboxylic acids is 4. The molecule has 2 aliphatic heterocycles. The van der Waals surface area contributed by atoms with Gasteiger partial charge in [0.05, 0.1) is 16.3 Å². The van der Waals surface area contributed by atoms with Gasteiger partial charge in [-0.05, 0) is 37.1 Å². The monoisotopic (exact) mass is 602 g/mol. The van der Waals surface area contributed by atoms with Crippen LogP contribution < -0.4 is 20.3 Å². The number of likely N-dealkylation sites (tertiary alicyclic amines) is 1. The van der Waals surface area contributed by atoms with Gasteiger partial charge in [-0.1, -0.05) is 54.6 Å². The van der Waals surface area contributed by atoms with E-state index in [-0.39, 0.29) is 23.0 Å². The van der Waals surface area contributed by atoms with Crippen molar-refractivity contribution in [2.24, 2.45) is 4.99 Å². The second-order valence-corrected chi connectivity index (χ2v) is 11.7. The number of rotatable bonds is 7. The molecule has 0 aliphatic carbocycles. The van der Waals surface area contributed by atoms with Gasteiger partial charge in [0, 0.05) is 36.8 Å². The van der Waals surface area contributed by atoms with Crippen LogP contribution in [0.4, 0.5) is 16.2 Å². The Morgan fingerprint density at radius 1 is 0.930 bits per heavy atom. The fraction of sp³-hybridized carbons (Fsp3) is 0.233. The molecule has 43 heavy (non-hydrogen) atoms. The summed E-state index contributed by atoms with van der Waals surface area (Å²) in [5.74, 6) is -1.57. The van der Waals surface area contributed by atoms with Crippen LogP contribution in [0.3, 0.4) is 0 Å². The maximum Gasteiger partial charge on any atom is 0.321 e. The predicted molar refractivity (Wildman–Crippen MR) is 160 cm³/mol. The molecule has 1 unspecified atom stereocenters. The van der Waals surface area contributed by atoms with E-state index in [1.54, 1.807) is 17.0 Å². The first-order chi connectivity index (χ1) is 20.6. The Bertz CT molecular complexity index is 1700. The van der Waals surface area contributed by atoms with Gasteiger partial charge in [-0.2, -0.15) is 0 Å². The van der Waals surface area contributed by atoms with Crippen LogP contribution >= 0.6 is 0 Å². The van der Waals surface area contributed by atoms with Crippen molar-refractivity contribution in [2.75, 3.05) is 29.9 Å². The topological polar surface area (TPSA) is 157 Å². The van der Waals surface area contributed by atoms with Crippen molar-refractivity contribution in [3.05, 3.63) is 90.0 Å². The first-order valence-corrected chi connectivity index (χ1v) is 15.1. The smallest absolute Gasteiger partial charge is 0.321 e. The summed E-state index contributed by atoms with van der Waals surface area (Å²) in [5.41, 5.74) is 2.37. The molecule has 2 heterocycles. The minimum absolute atomic E-state index is 0.0987. The summed E-state index contributed by atoms with van der Waals surface area (Å²) < 4.78 is 26.7. The number of fused-ring (bicyclic) bond motifs is 1. The van der Waals surface area contributed by atoms with Crippen LogP contribution in [0.15, 0.2) is 88.8 Å². The molecule has 3 N–H and O–H groups in total. The Balaban J connectivity index is 1.46. The van der Waals surface area contributed by atoms with Crippen LogP contribution in [0.25, 0.3) is 0 Å². The van der Waals surface area contributed by atoms with Gasteiger partial charge in [-0.25, -0.2) is 22.9 Å². The van der Waals surface area contributed by atoms with E-state index in [9.17, 15) is 27.6 Å². The zero-order chi connectivity index (χ0) is 30.6. The van der Waals surface area contributed by atoms with Crippen molar-refractivity contribution in [3.63, 3.8) is 0 Å². The van der Waals surface area contributed by atoms with E-state index in [1.807, 2.05) is 47.2 Å². The second-order valence-electron chi connectivity index (χ2n) is 10.1. The number of nitrogens with zero attached hydrogens (tertiary/aromatic N) is 3. The average molecular weight is 603 g/mol. The minimum Gasteiger partial charge on any atom is -0.341 e. The zero-order valence-corrected chi connectivity index (χ0v) is 24.1. The summed E-state index contributed by atoms with van der Waals surface area (Å²) in [5, 5.41) is 5.11. The van der Waals surface area contributed by atoms with Crippen molar-refractivity contribution in [1.82, 2.24) is 14.9 Å². The largest absolute Gasteiger partial charge is 0.341 e. The molecule has 1 saturated heterocycles. The fourth-order valence-electron chi connectivity index (χ4n) is 4.99. The summed E-state index contributed by atoms with van der Waals surface area (Å²) in [6.07, 6.45) is 0.380. The molecule has 222 valence electrons. The van der Waals surface area contributed by atoms with Crippen LogP contribution in [0.1, 0.15) is 30.9 Å². The van der Waals surface area contributed by atoms with Gasteiger partial charge in [-0.3, -0.25) is 19.3 Å². The highest BCUT2D eigenvalue weighted by Gasteiger charge is 2.35. The Kier molecular flexibility index (Phi) is 8.53. The van der Waals surface area contributed by atoms with Gasteiger partial charge < -0.3 is 15.5 Å². The standard InChI is InChI=1S/C30H30N6O6S/c1-20(37)34-43(41,42)23-13-9-12-22(18-23)31-30(40)33-28-29(39)36(19-26(38)35-16-7-8-17-35)25-15-6-5-14-24(25)27(32-28)21-10-3-2-4-11-21/h2-6,9-15,18,28H,7-8,16-17,19H2,1H3,(H,34,37)(H2,31,33,40). The number of benzene rings is 3. The molecule has 0 aromatic heterocycles. The number of urea groups is 1. The molecule has 2 aliphatic rings. The molecular formula is C30H30N6O6S. The van der Waals surface area contributed by atoms with Gasteiger partial charge in [-0.15, -0.1) is 0 Å². The van der Waals surface area contributed by atoms with Gasteiger partial charge in [0.15, 0.2) is 0 Å². The van der Waals surface area contributed by atoms with Gasteiger partial charge in [0.25, 0.3) is 15.9 Å². The summed E-state index contributed by atoms with van der Waals surface area (Å²) in [4.78, 5) is 59.2. The number of carbonyl (C=O) groups is 4. The molecule has 3 aromatic carbocycles. The fourth-order valence-corrected chi connectivity index (χ4v) is 6.03. The number of hydrogen-bond donors (Lipinski definition) is 3. The lowest BCUT2D eigenvalue weighted by Gasteiger charge is -2.27. The highest BCUT2D eigenvalue weighted by molar-refractivity contribution is 7.90. The number of sulfonamides is 1. The maximum absolute atomic E-state index is 14.0. The average Bonchev–Trinajstić information content (AvgIpc) is 3.50. The van der Waals surface area contributed by atoms with Crippen molar-refractivity contribution in [2.45, 2.75) is 30.8 Å². The minimum atomic E-state index is -4.14. The lowest BCUT2D eigenvalue weighted by Crippen LogP contribution is -2.51. The lowest BCUT2D eigenvalue weighted by atomic mass is 10.0. The quantitative estimate of drug-likeness (QED) is 0.377. The Hall–Kier alpha value is -5.04. The number of anilines is 2. The molecule has 5 rings (SSSR count). The Morgan fingerprint density at radius 2 is 1.63 bits per heavy atom. The SMILES string of the molecule is CC(=O)NS(=O)(=O)c1cccc(NC(=O)NC2N=C(c3ccccc3)c3ccccc3N(CC(=O)N3CCCC3)C2=O)c1. The van der Waals surface area contributed by atoms with Crippen molar-refractivity contribution in [1.29, 1.82) is 0 Å².